The minimum absolute atomic E-state index is 0.0246. The second-order valence-electron chi connectivity index (χ2n) is 9.42. The van der Waals surface area contributed by atoms with Crippen LogP contribution in [0.2, 0.25) is 0 Å². The molecule has 0 aliphatic carbocycles. The van der Waals surface area contributed by atoms with Crippen LogP contribution in [0.25, 0.3) is 0 Å². The van der Waals surface area contributed by atoms with E-state index in [1.54, 1.807) is 48.5 Å². The van der Waals surface area contributed by atoms with Gasteiger partial charge in [0.1, 0.15) is 12.2 Å². The molecule has 2 aromatic rings. The third-order valence-electron chi connectivity index (χ3n) is 6.98. The van der Waals surface area contributed by atoms with Gasteiger partial charge in [-0.1, -0.05) is 48.5 Å². The molecule has 0 bridgehead atoms. The normalized spacial score (nSPS) is 23.7. The Morgan fingerprint density at radius 3 is 1.68 bits per heavy atom. The number of nitrogens with zero attached hydrogens (tertiary/aromatic N) is 1. The average Bonchev–Trinajstić information content (AvgIpc) is 3.57. The van der Waals surface area contributed by atoms with Crippen LogP contribution in [0.1, 0.15) is 36.2 Å². The first-order valence-corrected chi connectivity index (χ1v) is 12.2. The number of nitrogens with one attached hydrogen (secondary N) is 2. The maximum Gasteiger partial charge on any atom is 0.492 e. The maximum atomic E-state index is 13.2. The molecule has 12 nitrogen and oxygen atoms in total. The lowest BCUT2D eigenvalue weighted by Crippen LogP contribution is -2.52. The zero-order valence-corrected chi connectivity index (χ0v) is 20.1. The standard InChI is InChI=1S/C24H25B2N3O9/c30-19(9-10-20(31)32)29-11-17(27-23(33)21-13-5-1-3-7-15(13)25(35)37-21)18(12-29)28-24(34)22-14-6-2-4-8-16(14)26(36)38-22/h1-8,17-18,21-22,35-36H,9-12H2,(H,27,33)(H,28,34)(H,31,32). The van der Waals surface area contributed by atoms with Crippen LogP contribution in [-0.2, 0) is 28.5 Å². The Morgan fingerprint density at radius 2 is 1.24 bits per heavy atom. The van der Waals surface area contributed by atoms with Crippen molar-refractivity contribution in [1.29, 1.82) is 0 Å². The van der Waals surface area contributed by atoms with E-state index in [4.69, 9.17) is 14.4 Å². The summed E-state index contributed by atoms with van der Waals surface area (Å²) < 4.78 is 10.9. The predicted octanol–water partition coefficient (Wildman–Crippen LogP) is -2.42. The van der Waals surface area contributed by atoms with Crippen LogP contribution < -0.4 is 21.6 Å². The van der Waals surface area contributed by atoms with Crippen LogP contribution in [0, 0.1) is 0 Å². The van der Waals surface area contributed by atoms with E-state index in [9.17, 15) is 29.2 Å². The molecule has 3 aliphatic heterocycles. The minimum atomic E-state index is -1.26. The van der Waals surface area contributed by atoms with Crippen molar-refractivity contribution in [3.05, 3.63) is 59.7 Å². The summed E-state index contributed by atoms with van der Waals surface area (Å²) in [5.41, 5.74) is 1.97. The van der Waals surface area contributed by atoms with Crippen LogP contribution in [-0.4, -0.2) is 83.2 Å². The third-order valence-corrected chi connectivity index (χ3v) is 6.98. The first-order chi connectivity index (χ1) is 18.2. The lowest BCUT2D eigenvalue weighted by molar-refractivity contribution is -0.140. The highest BCUT2D eigenvalue weighted by atomic mass is 16.5. The number of carboxylic acids is 1. The first-order valence-electron chi connectivity index (χ1n) is 12.2. The molecule has 4 unspecified atom stereocenters. The molecule has 4 atom stereocenters. The highest BCUT2D eigenvalue weighted by molar-refractivity contribution is 6.62. The number of carbonyl (C=O) groups excluding carboxylic acids is 3. The van der Waals surface area contributed by atoms with Gasteiger partial charge in [-0.3, -0.25) is 19.2 Å². The smallest absolute Gasteiger partial charge is 0.481 e. The summed E-state index contributed by atoms with van der Waals surface area (Å²) in [6, 6.07) is 12.0. The molecule has 3 aliphatic rings. The summed E-state index contributed by atoms with van der Waals surface area (Å²) in [6.45, 7) is 0.0492. The van der Waals surface area contributed by atoms with Crippen molar-refractivity contribution in [2.24, 2.45) is 0 Å². The van der Waals surface area contributed by atoms with Crippen molar-refractivity contribution in [1.82, 2.24) is 15.5 Å². The Labute approximate surface area is 218 Å². The maximum absolute atomic E-state index is 13.2. The molecule has 0 aromatic heterocycles. The molecule has 5 rings (SSSR count). The molecule has 0 spiro atoms. The Kier molecular flexibility index (Phi) is 7.21. The number of benzene rings is 2. The summed E-state index contributed by atoms with van der Waals surface area (Å²) in [7, 11) is -2.53. The van der Waals surface area contributed by atoms with Crippen LogP contribution in [0.5, 0.6) is 0 Å². The number of carboxylic acid groups (broad SMARTS) is 1. The molecule has 1 fully saturated rings. The fraction of sp³-hybridized carbons (Fsp3) is 0.333. The molecular formula is C24H25B2N3O9. The lowest BCUT2D eigenvalue weighted by atomic mass is 9.79. The second kappa shape index (κ2) is 10.6. The average molecular weight is 521 g/mol. The predicted molar refractivity (Wildman–Crippen MR) is 133 cm³/mol. The van der Waals surface area contributed by atoms with E-state index in [0.717, 1.165) is 0 Å². The number of amides is 3. The quantitative estimate of drug-likeness (QED) is 0.249. The molecule has 38 heavy (non-hydrogen) atoms. The topological polar surface area (TPSA) is 175 Å². The Morgan fingerprint density at radius 1 is 0.789 bits per heavy atom. The Hall–Kier alpha value is -3.71. The highest BCUT2D eigenvalue weighted by Gasteiger charge is 2.44. The molecule has 14 heteroatoms. The van der Waals surface area contributed by atoms with Gasteiger partial charge in [0.05, 0.1) is 18.5 Å². The molecule has 3 heterocycles. The van der Waals surface area contributed by atoms with Gasteiger partial charge in [0, 0.05) is 19.5 Å². The van der Waals surface area contributed by atoms with Gasteiger partial charge in [-0.25, -0.2) is 0 Å². The molecule has 196 valence electrons. The van der Waals surface area contributed by atoms with E-state index in [1.807, 2.05) is 0 Å². The van der Waals surface area contributed by atoms with Crippen LogP contribution in [0.15, 0.2) is 48.5 Å². The number of rotatable bonds is 7. The van der Waals surface area contributed by atoms with Crippen LogP contribution in [0.4, 0.5) is 0 Å². The summed E-state index contributed by atoms with van der Waals surface area (Å²) in [5, 5.41) is 34.9. The molecule has 1 saturated heterocycles. The molecule has 2 aromatic carbocycles. The SMILES string of the molecule is O=C(O)CCC(=O)N1CC(NC(=O)C2OB(O)c3ccccc32)C(NC(=O)C2OB(O)c3ccccc32)C1. The molecule has 0 radical (unpaired) electrons. The summed E-state index contributed by atoms with van der Waals surface area (Å²) in [5.74, 6) is -2.66. The molecule has 5 N–H and O–H groups in total. The van der Waals surface area contributed by atoms with Gasteiger partial charge in [0.15, 0.2) is 0 Å². The molecule has 3 amide bonds. The van der Waals surface area contributed by atoms with E-state index in [1.165, 1.54) is 4.90 Å². The van der Waals surface area contributed by atoms with Gasteiger partial charge < -0.3 is 40.0 Å². The number of hydrogen-bond donors (Lipinski definition) is 5. The zero-order valence-electron chi connectivity index (χ0n) is 20.1. The second-order valence-corrected chi connectivity index (χ2v) is 9.42. The van der Waals surface area contributed by atoms with Gasteiger partial charge >= 0.3 is 20.2 Å². The lowest BCUT2D eigenvalue weighted by Gasteiger charge is -2.24. The number of hydrogen-bond acceptors (Lipinski definition) is 8. The van der Waals surface area contributed by atoms with Gasteiger partial charge in [-0.15, -0.1) is 0 Å². The number of likely N-dealkylation sites (tertiary alicyclic amines) is 1. The van der Waals surface area contributed by atoms with Gasteiger partial charge in [0.2, 0.25) is 5.91 Å². The van der Waals surface area contributed by atoms with Crippen molar-refractivity contribution in [2.75, 3.05) is 13.1 Å². The van der Waals surface area contributed by atoms with Crippen molar-refractivity contribution in [2.45, 2.75) is 37.1 Å². The van der Waals surface area contributed by atoms with Crippen LogP contribution >= 0.6 is 0 Å². The van der Waals surface area contributed by atoms with E-state index >= 15 is 0 Å². The monoisotopic (exact) mass is 521 g/mol. The van der Waals surface area contributed by atoms with Crippen molar-refractivity contribution >= 4 is 48.9 Å². The zero-order chi connectivity index (χ0) is 27.0. The van der Waals surface area contributed by atoms with Gasteiger partial charge in [-0.2, -0.15) is 0 Å². The van der Waals surface area contributed by atoms with E-state index in [2.05, 4.69) is 10.6 Å². The summed E-state index contributed by atoms with van der Waals surface area (Å²) >= 11 is 0. The number of fused-ring (bicyclic) bond motifs is 2. The van der Waals surface area contributed by atoms with Crippen LogP contribution in [0.3, 0.4) is 0 Å². The van der Waals surface area contributed by atoms with E-state index < -0.39 is 62.2 Å². The number of aliphatic carboxylic acids is 1. The minimum Gasteiger partial charge on any atom is -0.481 e. The largest absolute Gasteiger partial charge is 0.492 e. The van der Waals surface area contributed by atoms with Gasteiger partial charge in [-0.05, 0) is 22.1 Å². The number of carbonyl (C=O) groups is 4. The highest BCUT2D eigenvalue weighted by Crippen LogP contribution is 2.26. The third kappa shape index (κ3) is 5.03. The Balaban J connectivity index is 1.32. The van der Waals surface area contributed by atoms with Crippen molar-refractivity contribution in [3.8, 4) is 0 Å². The summed E-state index contributed by atoms with van der Waals surface area (Å²) in [4.78, 5) is 51.4. The van der Waals surface area contributed by atoms with Crippen molar-refractivity contribution in [3.63, 3.8) is 0 Å². The van der Waals surface area contributed by atoms with E-state index in [-0.39, 0.29) is 25.9 Å². The van der Waals surface area contributed by atoms with Crippen molar-refractivity contribution < 1.29 is 43.6 Å². The van der Waals surface area contributed by atoms with Gasteiger partial charge in [0.25, 0.3) is 11.8 Å². The first kappa shape index (κ1) is 25.9. The molecule has 0 saturated carbocycles. The Bertz CT molecular complexity index is 1200. The summed E-state index contributed by atoms with van der Waals surface area (Å²) in [6.07, 6.45) is -2.75. The fourth-order valence-electron chi connectivity index (χ4n) is 5.10. The van der Waals surface area contributed by atoms with E-state index in [0.29, 0.717) is 22.1 Å². The fourth-order valence-corrected chi connectivity index (χ4v) is 5.10. The molecular weight excluding hydrogens is 496 g/mol.